The van der Waals surface area contributed by atoms with E-state index < -0.39 is 0 Å². The summed E-state index contributed by atoms with van der Waals surface area (Å²) >= 11 is 0. The maximum absolute atomic E-state index is 9.19. The number of aromatic nitrogens is 2. The lowest BCUT2D eigenvalue weighted by Crippen LogP contribution is -2.07. The predicted molar refractivity (Wildman–Crippen MR) is 80.4 cm³/mol. The van der Waals surface area contributed by atoms with Gasteiger partial charge in [-0.3, -0.25) is 0 Å². The van der Waals surface area contributed by atoms with Gasteiger partial charge in [0.2, 0.25) is 0 Å². The van der Waals surface area contributed by atoms with Gasteiger partial charge in [0, 0.05) is 6.54 Å². The molecule has 0 amide bonds. The van der Waals surface area contributed by atoms with Crippen molar-refractivity contribution in [3.63, 3.8) is 0 Å². The van der Waals surface area contributed by atoms with Gasteiger partial charge in [-0.05, 0) is 18.9 Å². The summed E-state index contributed by atoms with van der Waals surface area (Å²) < 4.78 is 1.67. The van der Waals surface area contributed by atoms with E-state index in [1.165, 1.54) is 5.56 Å². The third-order valence-electron chi connectivity index (χ3n) is 3.10. The summed E-state index contributed by atoms with van der Waals surface area (Å²) in [5.41, 5.74) is 8.74. The van der Waals surface area contributed by atoms with E-state index >= 15 is 0 Å². The van der Waals surface area contributed by atoms with E-state index in [2.05, 4.69) is 35.5 Å². The smallest absolute Gasteiger partial charge is 0.168 e. The van der Waals surface area contributed by atoms with Crippen molar-refractivity contribution < 1.29 is 0 Å². The Kier molecular flexibility index (Phi) is 4.26. The van der Waals surface area contributed by atoms with Crippen molar-refractivity contribution in [2.75, 3.05) is 17.6 Å². The summed E-state index contributed by atoms with van der Waals surface area (Å²) in [4.78, 5) is 0. The average Bonchev–Trinajstić information content (AvgIpc) is 2.75. The van der Waals surface area contributed by atoms with Crippen molar-refractivity contribution in [2.45, 2.75) is 26.8 Å². The van der Waals surface area contributed by atoms with Crippen LogP contribution in [0.5, 0.6) is 0 Å². The SMILES string of the molecule is CCCNc1nn(Cc2ccc(C)cc2)c(N)c1C#N. The summed E-state index contributed by atoms with van der Waals surface area (Å²) in [5, 5.41) is 16.7. The zero-order chi connectivity index (χ0) is 14.5. The van der Waals surface area contributed by atoms with E-state index in [1.54, 1.807) is 4.68 Å². The summed E-state index contributed by atoms with van der Waals surface area (Å²) in [7, 11) is 0. The van der Waals surface area contributed by atoms with Crippen molar-refractivity contribution in [3.8, 4) is 6.07 Å². The zero-order valence-electron chi connectivity index (χ0n) is 11.8. The molecule has 0 atom stereocenters. The fourth-order valence-electron chi connectivity index (χ4n) is 1.94. The lowest BCUT2D eigenvalue weighted by atomic mass is 10.1. The van der Waals surface area contributed by atoms with Gasteiger partial charge in [0.05, 0.1) is 6.54 Å². The summed E-state index contributed by atoms with van der Waals surface area (Å²) in [5.74, 6) is 0.977. The molecule has 1 heterocycles. The topological polar surface area (TPSA) is 79.7 Å². The number of aryl methyl sites for hydroxylation is 1. The first-order valence-electron chi connectivity index (χ1n) is 6.71. The van der Waals surface area contributed by atoms with Gasteiger partial charge in [-0.2, -0.15) is 10.4 Å². The van der Waals surface area contributed by atoms with Gasteiger partial charge in [-0.25, -0.2) is 4.68 Å². The molecule has 3 N–H and O–H groups in total. The largest absolute Gasteiger partial charge is 0.383 e. The Hall–Kier alpha value is -2.48. The van der Waals surface area contributed by atoms with Crippen molar-refractivity contribution in [1.82, 2.24) is 9.78 Å². The third-order valence-corrected chi connectivity index (χ3v) is 3.10. The maximum atomic E-state index is 9.19. The van der Waals surface area contributed by atoms with Crippen LogP contribution in [0.3, 0.4) is 0 Å². The first-order valence-corrected chi connectivity index (χ1v) is 6.71. The standard InChI is InChI=1S/C15H19N5/c1-3-8-18-15-13(9-16)14(17)20(19-15)10-12-6-4-11(2)5-7-12/h4-7H,3,8,10,17H2,1-2H3,(H,18,19). The number of nitrogens with two attached hydrogens (primary N) is 1. The minimum Gasteiger partial charge on any atom is -0.383 e. The van der Waals surface area contributed by atoms with Gasteiger partial charge in [-0.15, -0.1) is 0 Å². The molecule has 0 radical (unpaired) electrons. The molecule has 0 saturated carbocycles. The normalized spacial score (nSPS) is 10.2. The van der Waals surface area contributed by atoms with Crippen LogP contribution in [0.15, 0.2) is 24.3 Å². The van der Waals surface area contributed by atoms with Crippen molar-refractivity contribution in [2.24, 2.45) is 0 Å². The fraction of sp³-hybridized carbons (Fsp3) is 0.333. The van der Waals surface area contributed by atoms with E-state index in [0.29, 0.717) is 23.7 Å². The molecule has 0 bridgehead atoms. The number of nitrogens with zero attached hydrogens (tertiary/aromatic N) is 3. The Labute approximate surface area is 119 Å². The molecular weight excluding hydrogens is 250 g/mol. The third kappa shape index (κ3) is 2.91. The molecule has 5 nitrogen and oxygen atoms in total. The number of anilines is 2. The first-order chi connectivity index (χ1) is 9.65. The van der Waals surface area contributed by atoms with Crippen LogP contribution >= 0.6 is 0 Å². The summed E-state index contributed by atoms with van der Waals surface area (Å²) in [6.07, 6.45) is 0.968. The average molecular weight is 269 g/mol. The Morgan fingerprint density at radius 2 is 2.05 bits per heavy atom. The molecule has 2 rings (SSSR count). The molecule has 0 fully saturated rings. The molecule has 1 aromatic carbocycles. The van der Waals surface area contributed by atoms with Crippen LogP contribution in [0, 0.1) is 18.3 Å². The van der Waals surface area contributed by atoms with Gasteiger partial charge in [0.1, 0.15) is 17.5 Å². The van der Waals surface area contributed by atoms with Crippen LogP contribution in [0.2, 0.25) is 0 Å². The number of hydrogen-bond donors (Lipinski definition) is 2. The second kappa shape index (κ2) is 6.11. The van der Waals surface area contributed by atoms with E-state index in [-0.39, 0.29) is 0 Å². The van der Waals surface area contributed by atoms with Crippen LogP contribution in [0.25, 0.3) is 0 Å². The molecule has 0 aliphatic heterocycles. The van der Waals surface area contributed by atoms with Gasteiger partial charge in [0.15, 0.2) is 5.82 Å². The molecule has 2 aromatic rings. The Morgan fingerprint density at radius 3 is 2.65 bits per heavy atom. The number of nitrogen functional groups attached to an aromatic ring is 1. The second-order valence-electron chi connectivity index (χ2n) is 4.79. The molecule has 0 aliphatic carbocycles. The van der Waals surface area contributed by atoms with Gasteiger partial charge >= 0.3 is 0 Å². The van der Waals surface area contributed by atoms with Gasteiger partial charge in [-0.1, -0.05) is 36.8 Å². The molecule has 0 saturated heterocycles. The second-order valence-corrected chi connectivity index (χ2v) is 4.79. The van der Waals surface area contributed by atoms with Crippen LogP contribution in [-0.2, 0) is 6.54 Å². The number of hydrogen-bond acceptors (Lipinski definition) is 4. The molecule has 0 unspecified atom stereocenters. The molecule has 5 heteroatoms. The van der Waals surface area contributed by atoms with E-state index in [4.69, 9.17) is 5.73 Å². The maximum Gasteiger partial charge on any atom is 0.168 e. The van der Waals surface area contributed by atoms with Crippen molar-refractivity contribution in [3.05, 3.63) is 41.0 Å². The Bertz CT molecular complexity index is 619. The monoisotopic (exact) mass is 269 g/mol. The molecule has 104 valence electrons. The number of nitriles is 1. The van der Waals surface area contributed by atoms with Crippen LogP contribution in [0.4, 0.5) is 11.6 Å². The minimum atomic E-state index is 0.409. The number of nitrogens with one attached hydrogen (secondary N) is 1. The fourth-order valence-corrected chi connectivity index (χ4v) is 1.94. The number of benzene rings is 1. The highest BCUT2D eigenvalue weighted by Gasteiger charge is 2.14. The predicted octanol–water partition coefficient (Wildman–Crippen LogP) is 2.52. The van der Waals surface area contributed by atoms with Gasteiger partial charge in [0.25, 0.3) is 0 Å². The Morgan fingerprint density at radius 1 is 1.35 bits per heavy atom. The van der Waals surface area contributed by atoms with Crippen LogP contribution in [-0.4, -0.2) is 16.3 Å². The van der Waals surface area contributed by atoms with E-state index in [0.717, 1.165) is 18.5 Å². The molecular formula is C15H19N5. The van der Waals surface area contributed by atoms with E-state index in [1.807, 2.05) is 19.1 Å². The lowest BCUT2D eigenvalue weighted by molar-refractivity contribution is 0.698. The van der Waals surface area contributed by atoms with Crippen molar-refractivity contribution >= 4 is 11.6 Å². The zero-order valence-corrected chi connectivity index (χ0v) is 11.8. The lowest BCUT2D eigenvalue weighted by Gasteiger charge is -2.04. The molecule has 20 heavy (non-hydrogen) atoms. The Balaban J connectivity index is 2.26. The summed E-state index contributed by atoms with van der Waals surface area (Å²) in [6, 6.07) is 10.3. The summed E-state index contributed by atoms with van der Waals surface area (Å²) in [6.45, 7) is 5.45. The highest BCUT2D eigenvalue weighted by atomic mass is 15.3. The van der Waals surface area contributed by atoms with Crippen molar-refractivity contribution in [1.29, 1.82) is 5.26 Å². The number of rotatable bonds is 5. The molecule has 0 aliphatic rings. The minimum absolute atomic E-state index is 0.409. The first kappa shape index (κ1) is 13.9. The van der Waals surface area contributed by atoms with Gasteiger partial charge < -0.3 is 11.1 Å². The van der Waals surface area contributed by atoms with E-state index in [9.17, 15) is 5.26 Å². The highest BCUT2D eigenvalue weighted by Crippen LogP contribution is 2.21. The van der Waals surface area contributed by atoms with Crippen LogP contribution < -0.4 is 11.1 Å². The quantitative estimate of drug-likeness (QED) is 0.874. The highest BCUT2D eigenvalue weighted by molar-refractivity contribution is 5.63. The molecule has 1 aromatic heterocycles. The molecule has 0 spiro atoms. The van der Waals surface area contributed by atoms with Crippen LogP contribution in [0.1, 0.15) is 30.0 Å².